The molecule has 0 spiro atoms. The molecule has 0 bridgehead atoms. The van der Waals surface area contributed by atoms with Crippen molar-refractivity contribution in [3.8, 4) is 0 Å². The van der Waals surface area contributed by atoms with Crippen molar-refractivity contribution in [1.29, 1.82) is 0 Å². The molecule has 2 atom stereocenters. The van der Waals surface area contributed by atoms with Gasteiger partial charge in [0.05, 0.1) is 5.60 Å². The van der Waals surface area contributed by atoms with Gasteiger partial charge >= 0.3 is 6.09 Å². The van der Waals surface area contributed by atoms with Crippen molar-refractivity contribution in [1.82, 2.24) is 10.6 Å². The Morgan fingerprint density at radius 1 is 1.67 bits per heavy atom. The fourth-order valence-corrected chi connectivity index (χ4v) is 2.11. The number of hydrogen-bond donors (Lipinski definition) is 4. The Morgan fingerprint density at radius 2 is 2.27 bits per heavy atom. The number of nitrogens with one attached hydrogen (secondary N) is 2. The van der Waals surface area contributed by atoms with Crippen LogP contribution in [0.4, 0.5) is 4.79 Å². The van der Waals surface area contributed by atoms with Crippen LogP contribution < -0.4 is 10.6 Å². The summed E-state index contributed by atoms with van der Waals surface area (Å²) >= 11 is 0. The molecule has 0 radical (unpaired) electrons. The van der Waals surface area contributed by atoms with Gasteiger partial charge in [0.1, 0.15) is 0 Å². The third-order valence-electron chi connectivity index (χ3n) is 2.96. The minimum atomic E-state index is -1.02. The molecule has 88 valence electrons. The predicted octanol–water partition coefficient (Wildman–Crippen LogP) is 0.393. The van der Waals surface area contributed by atoms with E-state index in [1.807, 2.05) is 13.8 Å². The van der Waals surface area contributed by atoms with Crippen LogP contribution in [0.3, 0.4) is 0 Å². The first-order valence-corrected chi connectivity index (χ1v) is 5.17. The molecule has 1 heterocycles. The summed E-state index contributed by atoms with van der Waals surface area (Å²) < 4.78 is 0. The number of aliphatic hydroxyl groups is 1. The van der Waals surface area contributed by atoms with E-state index >= 15 is 0 Å². The average Bonchev–Trinajstić information content (AvgIpc) is 2.26. The standard InChI is InChI=1S/C10H20N2O3/c1-9(2,12-8(13)14)4-7-5-11-6-10(7,3)15/h7,11-12,15H,4-6H2,1-3H3,(H,13,14)/t7-,10+/m0/s1. The third-order valence-corrected chi connectivity index (χ3v) is 2.96. The summed E-state index contributed by atoms with van der Waals surface area (Å²) in [4.78, 5) is 10.6. The number of rotatable bonds is 3. The maximum absolute atomic E-state index is 10.6. The van der Waals surface area contributed by atoms with Crippen LogP contribution in [-0.4, -0.2) is 40.5 Å². The molecule has 4 N–H and O–H groups in total. The van der Waals surface area contributed by atoms with Gasteiger partial charge in [0.2, 0.25) is 0 Å². The van der Waals surface area contributed by atoms with Crippen LogP contribution in [-0.2, 0) is 0 Å². The zero-order valence-corrected chi connectivity index (χ0v) is 9.50. The molecule has 0 aromatic rings. The van der Waals surface area contributed by atoms with E-state index in [0.717, 1.165) is 6.54 Å². The fraction of sp³-hybridized carbons (Fsp3) is 0.900. The molecule has 1 aliphatic heterocycles. The van der Waals surface area contributed by atoms with E-state index in [1.165, 1.54) is 0 Å². The van der Waals surface area contributed by atoms with Crippen LogP contribution in [0.25, 0.3) is 0 Å². The second-order valence-corrected chi connectivity index (χ2v) is 5.20. The van der Waals surface area contributed by atoms with Crippen molar-refractivity contribution in [2.45, 2.75) is 38.3 Å². The molecule has 1 aliphatic rings. The molecule has 1 fully saturated rings. The highest BCUT2D eigenvalue weighted by Crippen LogP contribution is 2.29. The highest BCUT2D eigenvalue weighted by Gasteiger charge is 2.40. The van der Waals surface area contributed by atoms with E-state index in [9.17, 15) is 9.90 Å². The second-order valence-electron chi connectivity index (χ2n) is 5.20. The van der Waals surface area contributed by atoms with Crippen molar-refractivity contribution in [2.24, 2.45) is 5.92 Å². The second kappa shape index (κ2) is 3.98. The van der Waals surface area contributed by atoms with Crippen molar-refractivity contribution in [2.75, 3.05) is 13.1 Å². The lowest BCUT2D eigenvalue weighted by molar-refractivity contribution is 0.0230. The summed E-state index contributed by atoms with van der Waals surface area (Å²) in [5.41, 5.74) is -1.25. The van der Waals surface area contributed by atoms with Gasteiger partial charge in [0.25, 0.3) is 0 Å². The summed E-state index contributed by atoms with van der Waals surface area (Å²) in [7, 11) is 0. The van der Waals surface area contributed by atoms with E-state index in [-0.39, 0.29) is 5.92 Å². The molecular formula is C10H20N2O3. The monoisotopic (exact) mass is 216 g/mol. The maximum Gasteiger partial charge on any atom is 0.405 e. The van der Waals surface area contributed by atoms with Crippen LogP contribution in [0.5, 0.6) is 0 Å². The maximum atomic E-state index is 10.6. The summed E-state index contributed by atoms with van der Waals surface area (Å²) in [5, 5.41) is 24.3. The van der Waals surface area contributed by atoms with Crippen LogP contribution >= 0.6 is 0 Å². The van der Waals surface area contributed by atoms with Crippen LogP contribution in [0.15, 0.2) is 0 Å². The highest BCUT2D eigenvalue weighted by atomic mass is 16.4. The smallest absolute Gasteiger partial charge is 0.405 e. The normalized spacial score (nSPS) is 31.6. The van der Waals surface area contributed by atoms with E-state index in [4.69, 9.17) is 5.11 Å². The van der Waals surface area contributed by atoms with Gasteiger partial charge in [-0.3, -0.25) is 0 Å². The topological polar surface area (TPSA) is 81.6 Å². The third kappa shape index (κ3) is 3.35. The molecule has 5 nitrogen and oxygen atoms in total. The van der Waals surface area contributed by atoms with Crippen molar-refractivity contribution in [3.63, 3.8) is 0 Å². The summed E-state index contributed by atoms with van der Waals surface area (Å²) in [5.74, 6) is 0.0827. The first-order chi connectivity index (χ1) is 6.73. The number of hydrogen-bond acceptors (Lipinski definition) is 3. The minimum Gasteiger partial charge on any atom is -0.465 e. The van der Waals surface area contributed by atoms with Gasteiger partial charge in [-0.05, 0) is 27.2 Å². The number of amides is 1. The van der Waals surface area contributed by atoms with Crippen LogP contribution in [0.2, 0.25) is 0 Å². The Hall–Kier alpha value is -0.810. The van der Waals surface area contributed by atoms with E-state index < -0.39 is 17.2 Å². The Bertz CT molecular complexity index is 251. The van der Waals surface area contributed by atoms with E-state index in [1.54, 1.807) is 6.92 Å². The fourth-order valence-electron chi connectivity index (χ4n) is 2.11. The van der Waals surface area contributed by atoms with Crippen molar-refractivity contribution >= 4 is 6.09 Å². The first kappa shape index (κ1) is 12.3. The van der Waals surface area contributed by atoms with Crippen molar-refractivity contribution < 1.29 is 15.0 Å². The van der Waals surface area contributed by atoms with Gasteiger partial charge in [-0.15, -0.1) is 0 Å². The molecule has 1 rings (SSSR count). The average molecular weight is 216 g/mol. The first-order valence-electron chi connectivity index (χ1n) is 5.17. The Balaban J connectivity index is 2.57. The Kier molecular flexibility index (Phi) is 3.25. The molecule has 0 aromatic carbocycles. The molecule has 1 amide bonds. The molecular weight excluding hydrogens is 196 g/mol. The van der Waals surface area contributed by atoms with Gasteiger partial charge in [-0.1, -0.05) is 0 Å². The molecule has 15 heavy (non-hydrogen) atoms. The van der Waals surface area contributed by atoms with Crippen molar-refractivity contribution in [3.05, 3.63) is 0 Å². The number of carboxylic acid groups (broad SMARTS) is 1. The number of carbonyl (C=O) groups is 1. The van der Waals surface area contributed by atoms with Crippen LogP contribution in [0.1, 0.15) is 27.2 Å². The molecule has 5 heteroatoms. The Morgan fingerprint density at radius 3 is 2.67 bits per heavy atom. The lowest BCUT2D eigenvalue weighted by atomic mass is 9.82. The quantitative estimate of drug-likeness (QED) is 0.550. The lowest BCUT2D eigenvalue weighted by Crippen LogP contribution is -2.47. The minimum absolute atomic E-state index is 0.0827. The van der Waals surface area contributed by atoms with Gasteiger partial charge in [0.15, 0.2) is 0 Å². The lowest BCUT2D eigenvalue weighted by Gasteiger charge is -2.32. The highest BCUT2D eigenvalue weighted by molar-refractivity contribution is 5.65. The van der Waals surface area contributed by atoms with Gasteiger partial charge in [0, 0.05) is 24.5 Å². The molecule has 0 saturated carbocycles. The molecule has 0 aromatic heterocycles. The number of β-amino-alcohol motifs (C(OH)–C–C–N with tert-alkyl or cyclic N) is 1. The van der Waals surface area contributed by atoms with Gasteiger partial charge in [-0.2, -0.15) is 0 Å². The summed E-state index contributed by atoms with van der Waals surface area (Å²) in [6, 6.07) is 0. The zero-order chi connectivity index (χ0) is 11.7. The molecule has 0 aliphatic carbocycles. The largest absolute Gasteiger partial charge is 0.465 e. The SMILES string of the molecule is CC(C)(C[C@H]1CNC[C@@]1(C)O)NC(=O)O. The van der Waals surface area contributed by atoms with Crippen LogP contribution in [0, 0.1) is 5.92 Å². The predicted molar refractivity (Wildman–Crippen MR) is 56.8 cm³/mol. The summed E-state index contributed by atoms with van der Waals surface area (Å²) in [6.07, 6.45) is -0.398. The summed E-state index contributed by atoms with van der Waals surface area (Å²) in [6.45, 7) is 6.75. The molecule has 0 unspecified atom stereocenters. The van der Waals surface area contributed by atoms with E-state index in [0.29, 0.717) is 13.0 Å². The van der Waals surface area contributed by atoms with Gasteiger partial charge in [-0.25, -0.2) is 4.79 Å². The van der Waals surface area contributed by atoms with Gasteiger partial charge < -0.3 is 20.8 Å². The Labute approximate surface area is 89.9 Å². The zero-order valence-electron chi connectivity index (χ0n) is 9.50. The van der Waals surface area contributed by atoms with E-state index in [2.05, 4.69) is 10.6 Å². The molecule has 1 saturated heterocycles.